The van der Waals surface area contributed by atoms with Gasteiger partial charge in [0.25, 0.3) is 0 Å². The monoisotopic (exact) mass is 309 g/mol. The summed E-state index contributed by atoms with van der Waals surface area (Å²) in [6, 6.07) is 8.97. The van der Waals surface area contributed by atoms with Crippen LogP contribution >= 0.6 is 0 Å². The predicted molar refractivity (Wildman–Crippen MR) is 79.4 cm³/mol. The average Bonchev–Trinajstić information content (AvgIpc) is 2.40. The highest BCUT2D eigenvalue weighted by molar-refractivity contribution is 7.90. The maximum Gasteiger partial charge on any atom is 0.182 e. The average molecular weight is 309 g/mol. The van der Waals surface area contributed by atoms with Crippen LogP contribution in [0.4, 0.5) is 10.1 Å². The third-order valence-electron chi connectivity index (χ3n) is 3.14. The van der Waals surface area contributed by atoms with Crippen LogP contribution in [0.3, 0.4) is 0 Å². The van der Waals surface area contributed by atoms with Crippen molar-refractivity contribution in [2.75, 3.05) is 12.8 Å². The normalized spacial score (nSPS) is 11.4. The number of nitrogens with two attached hydrogens (primary N) is 1. The fraction of sp³-hybridized carbons (Fsp3) is 0.200. The number of anilines is 1. The molecule has 0 bridgehead atoms. The summed E-state index contributed by atoms with van der Waals surface area (Å²) in [5.41, 5.74) is 6.71. The number of aryl methyl sites for hydroxylation is 1. The van der Waals surface area contributed by atoms with Crippen molar-refractivity contribution in [2.45, 2.75) is 17.6 Å². The van der Waals surface area contributed by atoms with Crippen molar-refractivity contribution in [1.82, 2.24) is 0 Å². The first-order chi connectivity index (χ1) is 9.85. The Labute approximate surface area is 123 Å². The second-order valence-corrected chi connectivity index (χ2v) is 6.68. The lowest BCUT2D eigenvalue weighted by atomic mass is 10.2. The van der Waals surface area contributed by atoms with E-state index in [9.17, 15) is 12.8 Å². The van der Waals surface area contributed by atoms with Gasteiger partial charge in [-0.1, -0.05) is 12.1 Å². The van der Waals surface area contributed by atoms with Gasteiger partial charge in [0, 0.05) is 11.3 Å². The molecule has 2 N–H and O–H groups in total. The molecule has 2 aromatic carbocycles. The number of rotatable bonds is 4. The second kappa shape index (κ2) is 5.73. The molecule has 6 heteroatoms. The SMILES string of the molecule is COc1cccc(CS(=O)(=O)c2ccc(N)cc2C)c1F. The molecule has 0 radical (unpaired) electrons. The molecular weight excluding hydrogens is 293 g/mol. The lowest BCUT2D eigenvalue weighted by molar-refractivity contribution is 0.385. The summed E-state index contributed by atoms with van der Waals surface area (Å²) in [4.78, 5) is 0.152. The summed E-state index contributed by atoms with van der Waals surface area (Å²) >= 11 is 0. The molecule has 2 aromatic rings. The number of benzene rings is 2. The van der Waals surface area contributed by atoms with Gasteiger partial charge in [-0.05, 0) is 36.8 Å². The number of halogens is 1. The minimum atomic E-state index is -3.66. The third kappa shape index (κ3) is 3.16. The Kier molecular flexibility index (Phi) is 4.18. The van der Waals surface area contributed by atoms with Crippen molar-refractivity contribution in [3.05, 3.63) is 53.3 Å². The number of sulfone groups is 1. The van der Waals surface area contributed by atoms with E-state index in [1.165, 1.54) is 31.4 Å². The van der Waals surface area contributed by atoms with Crippen molar-refractivity contribution in [3.8, 4) is 5.75 Å². The summed E-state index contributed by atoms with van der Waals surface area (Å²) < 4.78 is 43.8. The van der Waals surface area contributed by atoms with Crippen molar-refractivity contribution >= 4 is 15.5 Å². The standard InChI is InChI=1S/C15H16FNO3S/c1-10-8-12(17)6-7-14(10)21(18,19)9-11-4-3-5-13(20-2)15(11)16/h3-8H,9,17H2,1-2H3. The molecule has 0 heterocycles. The second-order valence-electron chi connectivity index (χ2n) is 4.72. The molecule has 2 rings (SSSR count). The van der Waals surface area contributed by atoms with Gasteiger partial charge in [0.15, 0.2) is 21.4 Å². The van der Waals surface area contributed by atoms with E-state index in [1.54, 1.807) is 19.1 Å². The smallest absolute Gasteiger partial charge is 0.182 e. The Hall–Kier alpha value is -2.08. The Morgan fingerprint density at radius 1 is 1.24 bits per heavy atom. The lowest BCUT2D eigenvalue weighted by Crippen LogP contribution is -2.09. The topological polar surface area (TPSA) is 69.4 Å². The van der Waals surface area contributed by atoms with Crippen LogP contribution in [0.1, 0.15) is 11.1 Å². The number of hydrogen-bond donors (Lipinski definition) is 1. The van der Waals surface area contributed by atoms with Gasteiger partial charge in [-0.15, -0.1) is 0 Å². The van der Waals surface area contributed by atoms with Crippen molar-refractivity contribution in [2.24, 2.45) is 0 Å². The van der Waals surface area contributed by atoms with Gasteiger partial charge >= 0.3 is 0 Å². The zero-order chi connectivity index (χ0) is 15.6. The van der Waals surface area contributed by atoms with Gasteiger partial charge in [-0.25, -0.2) is 12.8 Å². The van der Waals surface area contributed by atoms with Crippen LogP contribution in [0.25, 0.3) is 0 Å². The van der Waals surface area contributed by atoms with E-state index >= 15 is 0 Å². The molecule has 0 saturated carbocycles. The fourth-order valence-corrected chi connectivity index (χ4v) is 3.74. The summed E-state index contributed by atoms with van der Waals surface area (Å²) in [5.74, 6) is -1.06. The molecule has 0 aliphatic carbocycles. The maximum atomic E-state index is 14.1. The lowest BCUT2D eigenvalue weighted by Gasteiger charge is -2.10. The highest BCUT2D eigenvalue weighted by Gasteiger charge is 2.21. The molecule has 0 aromatic heterocycles. The minimum absolute atomic E-state index is 0.0247. The summed E-state index contributed by atoms with van der Waals surface area (Å²) in [7, 11) is -2.33. The van der Waals surface area contributed by atoms with E-state index in [0.29, 0.717) is 11.3 Å². The fourth-order valence-electron chi connectivity index (χ4n) is 2.13. The summed E-state index contributed by atoms with van der Waals surface area (Å²) in [5, 5.41) is 0. The molecule has 0 unspecified atom stereocenters. The highest BCUT2D eigenvalue weighted by Crippen LogP contribution is 2.26. The van der Waals surface area contributed by atoms with Crippen molar-refractivity contribution in [3.63, 3.8) is 0 Å². The molecule has 112 valence electrons. The van der Waals surface area contributed by atoms with E-state index < -0.39 is 21.4 Å². The van der Waals surface area contributed by atoms with Crippen LogP contribution in [-0.2, 0) is 15.6 Å². The van der Waals surface area contributed by atoms with Crippen LogP contribution in [0.2, 0.25) is 0 Å². The van der Waals surface area contributed by atoms with Gasteiger partial charge < -0.3 is 10.5 Å². The first kappa shape index (κ1) is 15.3. The molecule has 21 heavy (non-hydrogen) atoms. The van der Waals surface area contributed by atoms with E-state index in [-0.39, 0.29) is 16.2 Å². The van der Waals surface area contributed by atoms with Crippen LogP contribution < -0.4 is 10.5 Å². The van der Waals surface area contributed by atoms with Gasteiger partial charge in [-0.2, -0.15) is 0 Å². The Bertz CT molecular complexity index is 772. The zero-order valence-electron chi connectivity index (χ0n) is 11.8. The van der Waals surface area contributed by atoms with E-state index in [2.05, 4.69) is 0 Å². The van der Waals surface area contributed by atoms with E-state index in [0.717, 1.165) is 0 Å². The quantitative estimate of drug-likeness (QED) is 0.882. The van der Waals surface area contributed by atoms with Crippen LogP contribution in [0.15, 0.2) is 41.3 Å². The minimum Gasteiger partial charge on any atom is -0.494 e. The summed E-state index contributed by atoms with van der Waals surface area (Å²) in [6.45, 7) is 1.66. The Morgan fingerprint density at radius 3 is 2.57 bits per heavy atom. The molecule has 0 aliphatic rings. The Balaban J connectivity index is 2.42. The number of methoxy groups -OCH3 is 1. The van der Waals surface area contributed by atoms with Crippen LogP contribution in [0.5, 0.6) is 5.75 Å². The highest BCUT2D eigenvalue weighted by atomic mass is 32.2. The van der Waals surface area contributed by atoms with Crippen LogP contribution in [0, 0.1) is 12.7 Å². The Morgan fingerprint density at radius 2 is 1.95 bits per heavy atom. The first-order valence-corrected chi connectivity index (χ1v) is 7.90. The zero-order valence-corrected chi connectivity index (χ0v) is 12.6. The van der Waals surface area contributed by atoms with E-state index in [4.69, 9.17) is 10.5 Å². The van der Waals surface area contributed by atoms with Crippen molar-refractivity contribution < 1.29 is 17.5 Å². The van der Waals surface area contributed by atoms with Crippen LogP contribution in [-0.4, -0.2) is 15.5 Å². The predicted octanol–water partition coefficient (Wildman–Crippen LogP) is 2.70. The molecule has 4 nitrogen and oxygen atoms in total. The largest absolute Gasteiger partial charge is 0.494 e. The molecule has 0 fully saturated rings. The molecule has 0 spiro atoms. The maximum absolute atomic E-state index is 14.1. The molecular formula is C15H16FNO3S. The van der Waals surface area contributed by atoms with Gasteiger partial charge in [-0.3, -0.25) is 0 Å². The molecule has 0 aliphatic heterocycles. The number of nitrogen functional groups attached to an aromatic ring is 1. The van der Waals surface area contributed by atoms with E-state index in [1.807, 2.05) is 0 Å². The van der Waals surface area contributed by atoms with Gasteiger partial charge in [0.1, 0.15) is 0 Å². The molecule has 0 amide bonds. The third-order valence-corrected chi connectivity index (χ3v) is 4.96. The van der Waals surface area contributed by atoms with Crippen molar-refractivity contribution in [1.29, 1.82) is 0 Å². The summed E-state index contributed by atoms with van der Waals surface area (Å²) in [6.07, 6.45) is 0. The molecule has 0 saturated heterocycles. The number of hydrogen-bond acceptors (Lipinski definition) is 4. The van der Waals surface area contributed by atoms with Gasteiger partial charge in [0.2, 0.25) is 0 Å². The number of ether oxygens (including phenoxy) is 1. The first-order valence-electron chi connectivity index (χ1n) is 6.25. The molecule has 0 atom stereocenters. The van der Waals surface area contributed by atoms with Gasteiger partial charge in [0.05, 0.1) is 17.8 Å².